The normalized spacial score (nSPS) is 10.9. The number of para-hydroxylation sites is 1. The molecule has 120 valence electrons. The van der Waals surface area contributed by atoms with Crippen LogP contribution in [0.5, 0.6) is 0 Å². The highest BCUT2D eigenvalue weighted by atomic mass is 19.4. The fraction of sp³-hybridized carbons (Fsp3) is 0.133. The molecule has 2 N–H and O–H groups in total. The molecule has 0 aliphatic carbocycles. The molecule has 23 heavy (non-hydrogen) atoms. The summed E-state index contributed by atoms with van der Waals surface area (Å²) >= 11 is 0. The molecule has 2 aromatic rings. The van der Waals surface area contributed by atoms with E-state index >= 15 is 0 Å². The van der Waals surface area contributed by atoms with Gasteiger partial charge in [0, 0.05) is 12.7 Å². The van der Waals surface area contributed by atoms with Gasteiger partial charge in [-0.3, -0.25) is 4.79 Å². The van der Waals surface area contributed by atoms with Gasteiger partial charge in [-0.05, 0) is 18.2 Å². The predicted octanol–water partition coefficient (Wildman–Crippen LogP) is 3.35. The van der Waals surface area contributed by atoms with E-state index in [1.165, 1.54) is 30.5 Å². The number of carbonyl (C=O) groups is 1. The third-order valence-corrected chi connectivity index (χ3v) is 2.77. The first kappa shape index (κ1) is 16.5. The Balaban J connectivity index is 2.21. The van der Waals surface area contributed by atoms with Crippen LogP contribution in [0.25, 0.3) is 0 Å². The first-order chi connectivity index (χ1) is 10.9. The van der Waals surface area contributed by atoms with Gasteiger partial charge in [0.05, 0.1) is 11.3 Å². The molecule has 0 unspecified atom stereocenters. The summed E-state index contributed by atoms with van der Waals surface area (Å²) in [6, 6.07) is 6.04. The summed E-state index contributed by atoms with van der Waals surface area (Å²) in [5.74, 6) is -0.576. The smallest absolute Gasteiger partial charge is 0.351 e. The van der Waals surface area contributed by atoms with Crippen LogP contribution >= 0.6 is 0 Å². The van der Waals surface area contributed by atoms with Crippen molar-refractivity contribution in [1.29, 1.82) is 0 Å². The Morgan fingerprint density at radius 2 is 2.00 bits per heavy atom. The van der Waals surface area contributed by atoms with Gasteiger partial charge in [-0.1, -0.05) is 18.2 Å². The fourth-order valence-electron chi connectivity index (χ4n) is 1.76. The van der Waals surface area contributed by atoms with Crippen LogP contribution in [0, 0.1) is 0 Å². The van der Waals surface area contributed by atoms with Crippen molar-refractivity contribution in [3.63, 3.8) is 0 Å². The van der Waals surface area contributed by atoms with Gasteiger partial charge in [0.15, 0.2) is 0 Å². The topological polar surface area (TPSA) is 66.9 Å². The number of nitrogens with one attached hydrogen (secondary N) is 2. The number of rotatable bonds is 5. The summed E-state index contributed by atoms with van der Waals surface area (Å²) in [6.45, 7) is 3.91. The number of aromatic nitrogens is 2. The van der Waals surface area contributed by atoms with Crippen LogP contribution in [0.3, 0.4) is 0 Å². The zero-order valence-electron chi connectivity index (χ0n) is 11.9. The van der Waals surface area contributed by atoms with E-state index in [0.717, 1.165) is 6.07 Å². The summed E-state index contributed by atoms with van der Waals surface area (Å²) in [5, 5.41) is 5.01. The first-order valence-corrected chi connectivity index (χ1v) is 6.57. The second-order valence-corrected chi connectivity index (χ2v) is 4.43. The lowest BCUT2D eigenvalue weighted by atomic mass is 10.1. The van der Waals surface area contributed by atoms with Gasteiger partial charge in [-0.2, -0.15) is 13.2 Å². The van der Waals surface area contributed by atoms with Gasteiger partial charge in [-0.15, -0.1) is 6.58 Å². The largest absolute Gasteiger partial charge is 0.418 e. The van der Waals surface area contributed by atoms with E-state index in [-0.39, 0.29) is 17.3 Å². The Kier molecular flexibility index (Phi) is 4.95. The molecule has 0 fully saturated rings. The average molecular weight is 322 g/mol. The molecule has 0 aliphatic rings. The molecular weight excluding hydrogens is 309 g/mol. The lowest BCUT2D eigenvalue weighted by Gasteiger charge is -2.13. The molecule has 0 spiro atoms. The van der Waals surface area contributed by atoms with Gasteiger partial charge < -0.3 is 10.6 Å². The molecule has 0 saturated carbocycles. The maximum absolute atomic E-state index is 12.9. The average Bonchev–Trinajstić information content (AvgIpc) is 2.52. The van der Waals surface area contributed by atoms with Crippen molar-refractivity contribution in [3.05, 3.63) is 60.4 Å². The van der Waals surface area contributed by atoms with Gasteiger partial charge in [0.1, 0.15) is 5.69 Å². The van der Waals surface area contributed by atoms with Crippen LogP contribution in [0.1, 0.15) is 16.1 Å². The van der Waals surface area contributed by atoms with E-state index in [2.05, 4.69) is 27.2 Å². The minimum Gasteiger partial charge on any atom is -0.351 e. The van der Waals surface area contributed by atoms with Crippen molar-refractivity contribution in [2.75, 3.05) is 17.2 Å². The third-order valence-electron chi connectivity index (χ3n) is 2.77. The van der Waals surface area contributed by atoms with Crippen molar-refractivity contribution < 1.29 is 18.0 Å². The van der Waals surface area contributed by atoms with E-state index < -0.39 is 17.6 Å². The standard InChI is InChI=1S/C15H13F3N4O/c1-2-8-19-14-20-9-7-12(22-14)13(23)21-11-6-4-3-5-10(11)15(16,17)18/h2-7,9H,1,8H2,(H,21,23)(H,19,20,22). The lowest BCUT2D eigenvalue weighted by Crippen LogP contribution is -2.18. The first-order valence-electron chi connectivity index (χ1n) is 6.57. The number of benzene rings is 1. The Bertz CT molecular complexity index is 716. The molecule has 1 aromatic heterocycles. The summed E-state index contributed by atoms with van der Waals surface area (Å²) in [5.41, 5.74) is -1.31. The van der Waals surface area contributed by atoms with Crippen molar-refractivity contribution in [2.24, 2.45) is 0 Å². The minimum atomic E-state index is -4.56. The van der Waals surface area contributed by atoms with E-state index in [4.69, 9.17) is 0 Å². The highest BCUT2D eigenvalue weighted by Crippen LogP contribution is 2.34. The van der Waals surface area contributed by atoms with E-state index in [0.29, 0.717) is 6.54 Å². The van der Waals surface area contributed by atoms with Crippen LogP contribution in [0.4, 0.5) is 24.8 Å². The van der Waals surface area contributed by atoms with E-state index in [1.807, 2.05) is 0 Å². The van der Waals surface area contributed by atoms with E-state index in [1.54, 1.807) is 6.08 Å². The van der Waals surface area contributed by atoms with Crippen LogP contribution in [-0.2, 0) is 6.18 Å². The summed E-state index contributed by atoms with van der Waals surface area (Å²) in [4.78, 5) is 19.9. The number of carbonyl (C=O) groups excluding carboxylic acids is 1. The van der Waals surface area contributed by atoms with Crippen molar-refractivity contribution in [2.45, 2.75) is 6.18 Å². The van der Waals surface area contributed by atoms with Crippen molar-refractivity contribution >= 4 is 17.5 Å². The Hall–Kier alpha value is -2.90. The van der Waals surface area contributed by atoms with Gasteiger partial charge >= 0.3 is 6.18 Å². The second-order valence-electron chi connectivity index (χ2n) is 4.43. The second kappa shape index (κ2) is 6.91. The molecule has 2 rings (SSSR count). The minimum absolute atomic E-state index is 0.0523. The molecule has 1 aromatic carbocycles. The number of hydrogen-bond donors (Lipinski definition) is 2. The highest BCUT2D eigenvalue weighted by Gasteiger charge is 2.33. The number of anilines is 2. The van der Waals surface area contributed by atoms with Gasteiger partial charge in [0.25, 0.3) is 5.91 Å². The maximum atomic E-state index is 12.9. The van der Waals surface area contributed by atoms with Crippen molar-refractivity contribution in [1.82, 2.24) is 9.97 Å². The molecule has 0 aliphatic heterocycles. The monoisotopic (exact) mass is 322 g/mol. The summed E-state index contributed by atoms with van der Waals surface area (Å²) in [7, 11) is 0. The Morgan fingerprint density at radius 3 is 2.70 bits per heavy atom. The van der Waals surface area contributed by atoms with Gasteiger partial charge in [-0.25, -0.2) is 9.97 Å². The molecule has 1 amide bonds. The molecule has 1 heterocycles. The van der Waals surface area contributed by atoms with E-state index in [9.17, 15) is 18.0 Å². The molecule has 0 atom stereocenters. The zero-order chi connectivity index (χ0) is 16.9. The Morgan fingerprint density at radius 1 is 1.26 bits per heavy atom. The number of halogens is 3. The maximum Gasteiger partial charge on any atom is 0.418 e. The fourth-order valence-corrected chi connectivity index (χ4v) is 1.76. The summed E-state index contributed by atoms with van der Waals surface area (Å²) < 4.78 is 38.7. The highest BCUT2D eigenvalue weighted by molar-refractivity contribution is 6.03. The number of alkyl halides is 3. The molecular formula is C15H13F3N4O. The zero-order valence-corrected chi connectivity index (χ0v) is 11.9. The molecule has 5 nitrogen and oxygen atoms in total. The van der Waals surface area contributed by atoms with Crippen LogP contribution in [0.2, 0.25) is 0 Å². The SMILES string of the molecule is C=CCNc1nccc(C(=O)Nc2ccccc2C(F)(F)F)n1. The lowest BCUT2D eigenvalue weighted by molar-refractivity contribution is -0.136. The third kappa shape index (κ3) is 4.29. The van der Waals surface area contributed by atoms with Crippen molar-refractivity contribution in [3.8, 4) is 0 Å². The Labute approximate surface area is 130 Å². The quantitative estimate of drug-likeness (QED) is 0.829. The predicted molar refractivity (Wildman–Crippen MR) is 80.1 cm³/mol. The molecule has 8 heteroatoms. The molecule has 0 bridgehead atoms. The molecule has 0 radical (unpaired) electrons. The van der Waals surface area contributed by atoms with Crippen LogP contribution in [-0.4, -0.2) is 22.4 Å². The van der Waals surface area contributed by atoms with Crippen LogP contribution in [0.15, 0.2) is 49.2 Å². The number of nitrogens with zero attached hydrogens (tertiary/aromatic N) is 2. The van der Waals surface area contributed by atoms with Gasteiger partial charge in [0.2, 0.25) is 5.95 Å². The van der Waals surface area contributed by atoms with Crippen LogP contribution < -0.4 is 10.6 Å². The number of amides is 1. The number of hydrogen-bond acceptors (Lipinski definition) is 4. The summed E-state index contributed by atoms with van der Waals surface area (Å²) in [6.07, 6.45) is -1.65. The molecule has 0 saturated heterocycles.